The quantitative estimate of drug-likeness (QED) is 0.796. The largest absolute Gasteiger partial charge is 0.392 e. The topological polar surface area (TPSA) is 46.3 Å². The number of likely N-dealkylation sites (tertiary alicyclic amines) is 1. The van der Waals surface area contributed by atoms with Crippen molar-refractivity contribution in [3.63, 3.8) is 0 Å². The lowest BCUT2D eigenvalue weighted by Gasteiger charge is -2.27. The number of carbonyl (C=O) groups excluding carboxylic acids is 1. The van der Waals surface area contributed by atoms with Gasteiger partial charge in [0.15, 0.2) is 0 Å². The Morgan fingerprint density at radius 2 is 2.06 bits per heavy atom. The van der Waals surface area contributed by atoms with Gasteiger partial charge in [-0.3, -0.25) is 4.79 Å². The lowest BCUT2D eigenvalue weighted by molar-refractivity contribution is -0.132. The van der Waals surface area contributed by atoms with Crippen molar-refractivity contribution in [1.82, 2.24) is 4.90 Å². The molecule has 0 aromatic rings. The van der Waals surface area contributed by atoms with Gasteiger partial charge >= 0.3 is 0 Å². The molecular formula is C12H20N2OS2. The van der Waals surface area contributed by atoms with Crippen molar-refractivity contribution in [2.75, 3.05) is 18.1 Å². The molecule has 0 saturated carbocycles. The molecule has 2 aliphatic heterocycles. The molecule has 2 heterocycles. The summed E-state index contributed by atoms with van der Waals surface area (Å²) in [5.74, 6) is 3.25. The Morgan fingerprint density at radius 1 is 1.35 bits per heavy atom. The number of hydrogen-bond acceptors (Lipinski definition) is 3. The van der Waals surface area contributed by atoms with E-state index in [1.54, 1.807) is 0 Å². The molecule has 0 spiro atoms. The Balaban J connectivity index is 1.88. The predicted octanol–water partition coefficient (Wildman–Crippen LogP) is 1.80. The molecule has 1 unspecified atom stereocenters. The van der Waals surface area contributed by atoms with E-state index in [2.05, 4.69) is 0 Å². The van der Waals surface area contributed by atoms with Crippen LogP contribution in [0.1, 0.15) is 32.1 Å². The molecular weight excluding hydrogens is 252 g/mol. The summed E-state index contributed by atoms with van der Waals surface area (Å²) < 4.78 is 0. The van der Waals surface area contributed by atoms with Crippen LogP contribution in [0.2, 0.25) is 0 Å². The lowest BCUT2D eigenvalue weighted by atomic mass is 9.98. The van der Waals surface area contributed by atoms with Crippen molar-refractivity contribution in [2.24, 2.45) is 11.7 Å². The third-order valence-electron chi connectivity index (χ3n) is 3.71. The second kappa shape index (κ2) is 6.05. The maximum atomic E-state index is 12.2. The summed E-state index contributed by atoms with van der Waals surface area (Å²) in [6, 6.07) is 0.0236. The third kappa shape index (κ3) is 3.35. The van der Waals surface area contributed by atoms with E-state index in [9.17, 15) is 4.79 Å². The minimum atomic E-state index is 0.0236. The van der Waals surface area contributed by atoms with E-state index in [1.807, 2.05) is 16.7 Å². The highest BCUT2D eigenvalue weighted by atomic mass is 32.2. The number of thioether (sulfide) groups is 1. The smallest absolute Gasteiger partial charge is 0.223 e. The van der Waals surface area contributed by atoms with Crippen LogP contribution in [0.25, 0.3) is 0 Å². The van der Waals surface area contributed by atoms with Crippen molar-refractivity contribution in [1.29, 1.82) is 0 Å². The number of nitrogens with two attached hydrogens (primary N) is 1. The Labute approximate surface area is 112 Å². The van der Waals surface area contributed by atoms with E-state index in [0.717, 1.165) is 19.4 Å². The summed E-state index contributed by atoms with van der Waals surface area (Å²) in [7, 11) is 0. The molecule has 5 heteroatoms. The van der Waals surface area contributed by atoms with Crippen molar-refractivity contribution >= 4 is 34.9 Å². The number of hydrogen-bond donors (Lipinski definition) is 1. The van der Waals surface area contributed by atoms with E-state index in [-0.39, 0.29) is 11.9 Å². The zero-order valence-electron chi connectivity index (χ0n) is 10.1. The molecule has 2 N–H and O–H groups in total. The molecule has 0 aliphatic carbocycles. The zero-order chi connectivity index (χ0) is 12.3. The molecule has 2 saturated heterocycles. The maximum Gasteiger partial charge on any atom is 0.223 e. The summed E-state index contributed by atoms with van der Waals surface area (Å²) in [6.07, 6.45) is 5.04. The van der Waals surface area contributed by atoms with E-state index in [1.165, 1.54) is 24.3 Å². The van der Waals surface area contributed by atoms with Gasteiger partial charge in [-0.25, -0.2) is 0 Å². The summed E-state index contributed by atoms with van der Waals surface area (Å²) in [5, 5.41) is 0. The number of carbonyl (C=O) groups is 1. The van der Waals surface area contributed by atoms with E-state index in [4.69, 9.17) is 18.0 Å². The van der Waals surface area contributed by atoms with Crippen LogP contribution in [0.4, 0.5) is 0 Å². The molecule has 2 rings (SSSR count). The van der Waals surface area contributed by atoms with Crippen LogP contribution in [0.15, 0.2) is 0 Å². The monoisotopic (exact) mass is 272 g/mol. The highest BCUT2D eigenvalue weighted by molar-refractivity contribution is 7.99. The molecule has 0 radical (unpaired) electrons. The summed E-state index contributed by atoms with van der Waals surface area (Å²) in [4.78, 5) is 14.6. The summed E-state index contributed by atoms with van der Waals surface area (Å²) in [6.45, 7) is 0.836. The standard InChI is InChI=1S/C12H20N2OS2/c13-12(16)10-2-1-5-14(10)11(15)8-9-3-6-17-7-4-9/h9-10H,1-8H2,(H2,13,16). The Bertz CT molecular complexity index is 303. The second-order valence-electron chi connectivity index (χ2n) is 4.91. The van der Waals surface area contributed by atoms with Gasteiger partial charge in [0.05, 0.1) is 11.0 Å². The normalized spacial score (nSPS) is 26.1. The number of thiocarbonyl (C=S) groups is 1. The van der Waals surface area contributed by atoms with Gasteiger partial charge in [0, 0.05) is 13.0 Å². The summed E-state index contributed by atoms with van der Waals surface area (Å²) in [5.41, 5.74) is 5.69. The van der Waals surface area contributed by atoms with Gasteiger partial charge in [-0.1, -0.05) is 12.2 Å². The number of nitrogens with zero attached hydrogens (tertiary/aromatic N) is 1. The molecule has 3 nitrogen and oxygen atoms in total. The SMILES string of the molecule is NC(=S)C1CCCN1C(=O)CC1CCSCC1. The maximum absolute atomic E-state index is 12.2. The van der Waals surface area contributed by atoms with Crippen LogP contribution in [-0.4, -0.2) is 39.9 Å². The Morgan fingerprint density at radius 3 is 2.71 bits per heavy atom. The molecule has 2 fully saturated rings. The van der Waals surface area contributed by atoms with Crippen molar-refractivity contribution in [3.05, 3.63) is 0 Å². The molecule has 0 aromatic heterocycles. The molecule has 0 bridgehead atoms. The van der Waals surface area contributed by atoms with Gasteiger partial charge in [0.2, 0.25) is 5.91 Å². The van der Waals surface area contributed by atoms with Crippen molar-refractivity contribution < 1.29 is 4.79 Å². The summed E-state index contributed by atoms with van der Waals surface area (Å²) >= 11 is 7.03. The fourth-order valence-electron chi connectivity index (χ4n) is 2.68. The van der Waals surface area contributed by atoms with Crippen LogP contribution in [0.3, 0.4) is 0 Å². The zero-order valence-corrected chi connectivity index (χ0v) is 11.7. The van der Waals surface area contributed by atoms with E-state index < -0.39 is 0 Å². The first kappa shape index (κ1) is 13.1. The third-order valence-corrected chi connectivity index (χ3v) is 5.03. The van der Waals surface area contributed by atoms with Gasteiger partial charge < -0.3 is 10.6 Å². The first-order valence-corrected chi connectivity index (χ1v) is 7.91. The molecule has 17 heavy (non-hydrogen) atoms. The average Bonchev–Trinajstić information content (AvgIpc) is 2.79. The highest BCUT2D eigenvalue weighted by Crippen LogP contribution is 2.27. The molecule has 0 aromatic carbocycles. The van der Waals surface area contributed by atoms with Crippen molar-refractivity contribution in [2.45, 2.75) is 38.1 Å². The Hall–Kier alpha value is -0.290. The average molecular weight is 272 g/mol. The molecule has 2 aliphatic rings. The minimum Gasteiger partial charge on any atom is -0.392 e. The number of rotatable bonds is 3. The van der Waals surface area contributed by atoms with Crippen molar-refractivity contribution in [3.8, 4) is 0 Å². The first-order valence-electron chi connectivity index (χ1n) is 6.35. The van der Waals surface area contributed by atoms with Gasteiger partial charge in [0.25, 0.3) is 0 Å². The number of amides is 1. The van der Waals surface area contributed by atoms with Crippen LogP contribution < -0.4 is 5.73 Å². The predicted molar refractivity (Wildman–Crippen MR) is 76.2 cm³/mol. The first-order chi connectivity index (χ1) is 8.18. The second-order valence-corrected chi connectivity index (χ2v) is 6.60. The van der Waals surface area contributed by atoms with Crippen LogP contribution >= 0.6 is 24.0 Å². The Kier molecular flexibility index (Phi) is 4.68. The molecule has 1 atom stereocenters. The van der Waals surface area contributed by atoms with Gasteiger partial charge in [-0.15, -0.1) is 0 Å². The van der Waals surface area contributed by atoms with Crippen LogP contribution in [-0.2, 0) is 4.79 Å². The highest BCUT2D eigenvalue weighted by Gasteiger charge is 2.31. The van der Waals surface area contributed by atoms with E-state index >= 15 is 0 Å². The fourth-order valence-corrected chi connectivity index (χ4v) is 4.12. The lowest BCUT2D eigenvalue weighted by Crippen LogP contribution is -2.43. The van der Waals surface area contributed by atoms with Gasteiger partial charge in [0.1, 0.15) is 0 Å². The van der Waals surface area contributed by atoms with E-state index in [0.29, 0.717) is 17.3 Å². The molecule has 96 valence electrons. The van der Waals surface area contributed by atoms with Gasteiger partial charge in [-0.2, -0.15) is 11.8 Å². The van der Waals surface area contributed by atoms with Gasteiger partial charge in [-0.05, 0) is 43.1 Å². The molecule has 1 amide bonds. The minimum absolute atomic E-state index is 0.0236. The van der Waals surface area contributed by atoms with Crippen LogP contribution in [0.5, 0.6) is 0 Å². The van der Waals surface area contributed by atoms with Crippen LogP contribution in [0, 0.1) is 5.92 Å². The fraction of sp³-hybridized carbons (Fsp3) is 0.833.